The van der Waals surface area contributed by atoms with Crippen LogP contribution in [0.4, 0.5) is 10.2 Å². The lowest BCUT2D eigenvalue weighted by atomic mass is 9.96. The van der Waals surface area contributed by atoms with Crippen LogP contribution in [-0.4, -0.2) is 71.4 Å². The number of aromatic nitrogens is 2. The molecule has 2 aliphatic rings. The van der Waals surface area contributed by atoms with Gasteiger partial charge in [0.05, 0.1) is 11.6 Å². The average Bonchev–Trinajstić information content (AvgIpc) is 3.30. The van der Waals surface area contributed by atoms with Crippen LogP contribution in [0.2, 0.25) is 5.02 Å². The Hall–Kier alpha value is -3.20. The standard InChI is InChI=1S/C31H35ClFN5O2/c1-3-37(4-2)12-7-13-40-31-35-29-25(30(36-31)38-17-20-10-11-21(18-38)34-20)16-26(32)27(28(29)33)24-15-22(39)14-19-8-5-6-9-23(19)24/h5-6,8-9,14-16,20-21,34,39H,3-4,7,10-13,17-18H2,1-2H3. The van der Waals surface area contributed by atoms with E-state index in [0.29, 0.717) is 35.5 Å². The highest BCUT2D eigenvalue weighted by Gasteiger charge is 2.34. The quantitative estimate of drug-likeness (QED) is 0.242. The lowest BCUT2D eigenvalue weighted by Crippen LogP contribution is -2.51. The first kappa shape index (κ1) is 27.0. The summed E-state index contributed by atoms with van der Waals surface area (Å²) in [7, 11) is 0. The van der Waals surface area contributed by atoms with Crippen molar-refractivity contribution >= 4 is 39.1 Å². The summed E-state index contributed by atoms with van der Waals surface area (Å²) in [5, 5.41) is 16.5. The van der Waals surface area contributed by atoms with Crippen molar-refractivity contribution in [3.63, 3.8) is 0 Å². The third kappa shape index (κ3) is 5.16. The third-order valence-electron chi connectivity index (χ3n) is 8.22. The van der Waals surface area contributed by atoms with Crippen LogP contribution in [0.5, 0.6) is 11.8 Å². The second kappa shape index (κ2) is 11.4. The minimum absolute atomic E-state index is 0.0427. The number of anilines is 1. The molecule has 2 saturated heterocycles. The van der Waals surface area contributed by atoms with Crippen molar-refractivity contribution in [3.8, 4) is 22.9 Å². The van der Waals surface area contributed by atoms with Crippen molar-refractivity contribution < 1.29 is 14.2 Å². The Labute approximate surface area is 238 Å². The molecule has 2 aliphatic heterocycles. The molecule has 4 aromatic rings. The van der Waals surface area contributed by atoms with Gasteiger partial charge >= 0.3 is 6.01 Å². The number of hydrogen-bond donors (Lipinski definition) is 2. The maximum absolute atomic E-state index is 16.6. The third-order valence-corrected chi connectivity index (χ3v) is 8.52. The second-order valence-electron chi connectivity index (χ2n) is 10.8. The number of hydrogen-bond acceptors (Lipinski definition) is 7. The molecule has 3 aromatic carbocycles. The Morgan fingerprint density at radius 2 is 1.82 bits per heavy atom. The summed E-state index contributed by atoms with van der Waals surface area (Å²) in [5.41, 5.74) is 0.891. The minimum atomic E-state index is -0.548. The molecular weight excluding hydrogens is 529 g/mol. The van der Waals surface area contributed by atoms with E-state index in [4.69, 9.17) is 21.3 Å². The van der Waals surface area contributed by atoms with Crippen molar-refractivity contribution in [3.05, 3.63) is 53.3 Å². The van der Waals surface area contributed by atoms with Crippen LogP contribution in [0.1, 0.15) is 33.1 Å². The highest BCUT2D eigenvalue weighted by molar-refractivity contribution is 6.35. The molecule has 7 nitrogen and oxygen atoms in total. The fourth-order valence-corrected chi connectivity index (χ4v) is 6.47. The van der Waals surface area contributed by atoms with Crippen molar-refractivity contribution in [1.82, 2.24) is 20.2 Å². The number of halogens is 2. The van der Waals surface area contributed by atoms with Gasteiger partial charge < -0.3 is 25.0 Å². The largest absolute Gasteiger partial charge is 0.508 e. The molecule has 210 valence electrons. The number of nitrogens with zero attached hydrogens (tertiary/aromatic N) is 4. The van der Waals surface area contributed by atoms with E-state index in [1.54, 1.807) is 18.2 Å². The van der Waals surface area contributed by atoms with E-state index in [0.717, 1.165) is 62.8 Å². The van der Waals surface area contributed by atoms with Gasteiger partial charge in [0, 0.05) is 42.7 Å². The van der Waals surface area contributed by atoms with Gasteiger partial charge in [0.1, 0.15) is 17.1 Å². The van der Waals surface area contributed by atoms with Gasteiger partial charge in [0.15, 0.2) is 5.82 Å². The van der Waals surface area contributed by atoms with Crippen LogP contribution in [0.3, 0.4) is 0 Å². The summed E-state index contributed by atoms with van der Waals surface area (Å²) < 4.78 is 22.6. The Bertz CT molecular complexity index is 1530. The highest BCUT2D eigenvalue weighted by Crippen LogP contribution is 2.42. The topological polar surface area (TPSA) is 73.8 Å². The van der Waals surface area contributed by atoms with E-state index in [1.165, 1.54) is 0 Å². The number of rotatable bonds is 9. The number of piperazine rings is 1. The van der Waals surface area contributed by atoms with Crippen LogP contribution in [0.15, 0.2) is 42.5 Å². The van der Waals surface area contributed by atoms with E-state index in [9.17, 15) is 5.11 Å². The molecule has 0 aliphatic carbocycles. The van der Waals surface area contributed by atoms with Crippen LogP contribution >= 0.6 is 11.6 Å². The smallest absolute Gasteiger partial charge is 0.319 e. The molecule has 2 unspecified atom stereocenters. The van der Waals surface area contributed by atoms with Gasteiger partial charge in [-0.3, -0.25) is 0 Å². The Balaban J connectivity index is 1.45. The number of fused-ring (bicyclic) bond motifs is 4. The SMILES string of the molecule is CCN(CC)CCCOc1nc(N2CC3CCC(C2)N3)c2cc(Cl)c(-c3cc(O)cc4ccccc34)c(F)c2n1. The molecule has 2 fully saturated rings. The predicted molar refractivity (Wildman–Crippen MR) is 159 cm³/mol. The highest BCUT2D eigenvalue weighted by atomic mass is 35.5. The average molecular weight is 564 g/mol. The number of nitrogens with one attached hydrogen (secondary N) is 1. The molecule has 2 atom stereocenters. The van der Waals surface area contributed by atoms with Gasteiger partial charge in [-0.2, -0.15) is 9.97 Å². The van der Waals surface area contributed by atoms with Crippen LogP contribution < -0.4 is 15.0 Å². The summed E-state index contributed by atoms with van der Waals surface area (Å²) in [4.78, 5) is 13.9. The van der Waals surface area contributed by atoms with Gasteiger partial charge in [-0.25, -0.2) is 4.39 Å². The number of phenols is 1. The van der Waals surface area contributed by atoms with Gasteiger partial charge in [0.25, 0.3) is 0 Å². The molecule has 2 bridgehead atoms. The molecular formula is C31H35ClFN5O2. The van der Waals surface area contributed by atoms with Crippen LogP contribution in [0.25, 0.3) is 32.8 Å². The van der Waals surface area contributed by atoms with E-state index >= 15 is 4.39 Å². The van der Waals surface area contributed by atoms with Gasteiger partial charge in [-0.05, 0) is 66.9 Å². The van der Waals surface area contributed by atoms with E-state index < -0.39 is 5.82 Å². The first-order chi connectivity index (χ1) is 19.4. The van der Waals surface area contributed by atoms with E-state index in [-0.39, 0.29) is 27.9 Å². The maximum Gasteiger partial charge on any atom is 0.319 e. The zero-order valence-electron chi connectivity index (χ0n) is 23.0. The maximum atomic E-state index is 16.6. The Kier molecular flexibility index (Phi) is 7.66. The summed E-state index contributed by atoms with van der Waals surface area (Å²) in [6, 6.07) is 13.4. The van der Waals surface area contributed by atoms with Crippen LogP contribution in [0, 0.1) is 5.82 Å². The monoisotopic (exact) mass is 563 g/mol. The van der Waals surface area contributed by atoms with Crippen molar-refractivity contribution in [2.75, 3.05) is 44.2 Å². The summed E-state index contributed by atoms with van der Waals surface area (Å²) in [6.45, 7) is 9.16. The summed E-state index contributed by atoms with van der Waals surface area (Å²) >= 11 is 6.83. The zero-order valence-corrected chi connectivity index (χ0v) is 23.7. The molecule has 0 radical (unpaired) electrons. The van der Waals surface area contributed by atoms with Gasteiger partial charge in [-0.1, -0.05) is 49.7 Å². The van der Waals surface area contributed by atoms with E-state index in [1.807, 2.05) is 24.3 Å². The number of ether oxygens (including phenoxy) is 1. The molecule has 6 rings (SSSR count). The molecule has 3 heterocycles. The molecule has 0 spiro atoms. The van der Waals surface area contributed by atoms with E-state index in [2.05, 4.69) is 33.9 Å². The normalized spacial score (nSPS) is 18.8. The molecule has 9 heteroatoms. The minimum Gasteiger partial charge on any atom is -0.508 e. The van der Waals surface area contributed by atoms with Crippen molar-refractivity contribution in [1.29, 1.82) is 0 Å². The molecule has 1 aromatic heterocycles. The number of benzene rings is 3. The van der Waals surface area contributed by atoms with Gasteiger partial charge in [-0.15, -0.1) is 0 Å². The molecule has 0 amide bonds. The van der Waals surface area contributed by atoms with Crippen LogP contribution in [-0.2, 0) is 0 Å². The number of phenolic OH excluding ortho intramolecular Hbond substituents is 1. The van der Waals surface area contributed by atoms with Gasteiger partial charge in [0.2, 0.25) is 0 Å². The molecule has 2 N–H and O–H groups in total. The fraction of sp³-hybridized carbons (Fsp3) is 0.419. The lowest BCUT2D eigenvalue weighted by Gasteiger charge is -2.34. The predicted octanol–water partition coefficient (Wildman–Crippen LogP) is 6.00. The van der Waals surface area contributed by atoms with Crippen molar-refractivity contribution in [2.45, 2.75) is 45.2 Å². The summed E-state index contributed by atoms with van der Waals surface area (Å²) in [5.74, 6) is 0.143. The zero-order chi connectivity index (χ0) is 27.8. The second-order valence-corrected chi connectivity index (χ2v) is 11.2. The van der Waals surface area contributed by atoms with Crippen molar-refractivity contribution in [2.24, 2.45) is 0 Å². The first-order valence-corrected chi connectivity index (χ1v) is 14.6. The molecule has 0 saturated carbocycles. The first-order valence-electron chi connectivity index (χ1n) is 14.2. The molecule has 40 heavy (non-hydrogen) atoms. The Morgan fingerprint density at radius 1 is 1.07 bits per heavy atom. The number of aromatic hydroxyl groups is 1. The Morgan fingerprint density at radius 3 is 2.58 bits per heavy atom. The summed E-state index contributed by atoms with van der Waals surface area (Å²) in [6.07, 6.45) is 3.05. The lowest BCUT2D eigenvalue weighted by molar-refractivity contribution is 0.239. The fourth-order valence-electron chi connectivity index (χ4n) is 6.18.